The number of methoxy groups -OCH3 is 1. The highest BCUT2D eigenvalue weighted by Crippen LogP contribution is 2.37. The monoisotopic (exact) mass is 362 g/mol. The topological polar surface area (TPSA) is 85.9 Å². The fraction of sp³-hybridized carbons (Fsp3) is 0.579. The Morgan fingerprint density at radius 2 is 1.96 bits per heavy atom. The molecular weight excluding hydrogens is 336 g/mol. The number of hydrogen-bond donors (Lipinski definition) is 2. The number of hydrogen-bond acceptors (Lipinski definition) is 5. The van der Waals surface area contributed by atoms with Crippen LogP contribution in [0.25, 0.3) is 0 Å². The first-order chi connectivity index (χ1) is 12.6. The van der Waals surface area contributed by atoms with Gasteiger partial charge in [0.1, 0.15) is 11.9 Å². The summed E-state index contributed by atoms with van der Waals surface area (Å²) < 4.78 is 17.0. The molecule has 3 rings (SSSR count). The first-order valence-corrected chi connectivity index (χ1v) is 9.11. The van der Waals surface area contributed by atoms with Crippen LogP contribution in [0.3, 0.4) is 0 Å². The summed E-state index contributed by atoms with van der Waals surface area (Å²) in [7, 11) is 1.58. The standard InChI is InChI=1S/C19H26N2O5/c1-24-15-7-5-6-14(10-15)11-20-17(22)18(23)21-12-16-13-25-19(26-16)8-3-2-4-9-19/h5-7,10,16H,2-4,8-9,11-13H2,1H3,(H,20,22)(H,21,23)/t16-/m0/s1. The molecule has 1 spiro atoms. The van der Waals surface area contributed by atoms with E-state index in [0.717, 1.165) is 31.2 Å². The van der Waals surface area contributed by atoms with Gasteiger partial charge in [-0.2, -0.15) is 0 Å². The second-order valence-corrected chi connectivity index (χ2v) is 6.77. The highest BCUT2D eigenvalue weighted by Gasteiger charge is 2.42. The molecule has 1 aliphatic heterocycles. The third-order valence-corrected chi connectivity index (χ3v) is 4.81. The van der Waals surface area contributed by atoms with Crippen molar-refractivity contribution in [3.63, 3.8) is 0 Å². The van der Waals surface area contributed by atoms with Gasteiger partial charge < -0.3 is 24.8 Å². The number of nitrogens with one attached hydrogen (secondary N) is 2. The van der Waals surface area contributed by atoms with Gasteiger partial charge in [-0.1, -0.05) is 18.6 Å². The fourth-order valence-corrected chi connectivity index (χ4v) is 3.40. The number of ether oxygens (including phenoxy) is 3. The van der Waals surface area contributed by atoms with Gasteiger partial charge in [0.2, 0.25) is 0 Å². The van der Waals surface area contributed by atoms with E-state index in [4.69, 9.17) is 14.2 Å². The minimum atomic E-state index is -0.667. The summed E-state index contributed by atoms with van der Waals surface area (Å²) >= 11 is 0. The molecule has 7 nitrogen and oxygen atoms in total. The average molecular weight is 362 g/mol. The van der Waals surface area contributed by atoms with Gasteiger partial charge in [-0.3, -0.25) is 9.59 Å². The highest BCUT2D eigenvalue weighted by atomic mass is 16.7. The third kappa shape index (κ3) is 4.74. The zero-order valence-electron chi connectivity index (χ0n) is 15.1. The molecule has 0 bridgehead atoms. The van der Waals surface area contributed by atoms with Crippen molar-refractivity contribution in [3.05, 3.63) is 29.8 Å². The number of carbonyl (C=O) groups excluding carboxylic acids is 2. The second kappa shape index (κ2) is 8.51. The normalized spacial score (nSPS) is 21.3. The maximum absolute atomic E-state index is 12.0. The highest BCUT2D eigenvalue weighted by molar-refractivity contribution is 6.35. The lowest BCUT2D eigenvalue weighted by molar-refractivity contribution is -0.186. The first kappa shape index (κ1) is 18.7. The van der Waals surface area contributed by atoms with Gasteiger partial charge >= 0.3 is 11.8 Å². The summed E-state index contributed by atoms with van der Waals surface area (Å²) in [6, 6.07) is 7.32. The van der Waals surface area contributed by atoms with Crippen LogP contribution in [-0.4, -0.2) is 44.0 Å². The number of rotatable bonds is 5. The first-order valence-electron chi connectivity index (χ1n) is 9.11. The summed E-state index contributed by atoms with van der Waals surface area (Å²) in [4.78, 5) is 23.9. The Labute approximate surface area is 153 Å². The molecule has 2 aliphatic rings. The van der Waals surface area contributed by atoms with Gasteiger partial charge in [0.05, 0.1) is 13.7 Å². The van der Waals surface area contributed by atoms with Gasteiger partial charge in [0.15, 0.2) is 5.79 Å². The molecule has 0 unspecified atom stereocenters. The molecule has 2 fully saturated rings. The molecule has 0 radical (unpaired) electrons. The van der Waals surface area contributed by atoms with Crippen molar-refractivity contribution in [1.82, 2.24) is 10.6 Å². The van der Waals surface area contributed by atoms with Gasteiger partial charge in [-0.25, -0.2) is 0 Å². The Kier molecular flexibility index (Phi) is 6.11. The van der Waals surface area contributed by atoms with Crippen molar-refractivity contribution in [3.8, 4) is 5.75 Å². The van der Waals surface area contributed by atoms with Crippen LogP contribution >= 0.6 is 0 Å². The van der Waals surface area contributed by atoms with E-state index in [1.165, 1.54) is 6.42 Å². The molecule has 0 aromatic heterocycles. The van der Waals surface area contributed by atoms with Crippen molar-refractivity contribution < 1.29 is 23.8 Å². The lowest BCUT2D eigenvalue weighted by Crippen LogP contribution is -2.43. The zero-order chi connectivity index (χ0) is 18.4. The molecule has 1 aliphatic carbocycles. The number of benzene rings is 1. The Morgan fingerprint density at radius 3 is 2.73 bits per heavy atom. The summed E-state index contributed by atoms with van der Waals surface area (Å²) in [5.74, 6) is -1.10. The van der Waals surface area contributed by atoms with E-state index < -0.39 is 17.6 Å². The van der Waals surface area contributed by atoms with Crippen LogP contribution in [-0.2, 0) is 25.6 Å². The quantitative estimate of drug-likeness (QED) is 0.776. The predicted octanol–water partition coefficient (Wildman–Crippen LogP) is 1.50. The van der Waals surface area contributed by atoms with Crippen molar-refractivity contribution >= 4 is 11.8 Å². The molecule has 2 amide bonds. The lowest BCUT2D eigenvalue weighted by Gasteiger charge is -2.31. The van der Waals surface area contributed by atoms with Crippen LogP contribution in [0, 0.1) is 0 Å². The fourth-order valence-electron chi connectivity index (χ4n) is 3.40. The van der Waals surface area contributed by atoms with Crippen molar-refractivity contribution in [2.75, 3.05) is 20.3 Å². The van der Waals surface area contributed by atoms with Crippen LogP contribution < -0.4 is 15.4 Å². The van der Waals surface area contributed by atoms with Crippen LogP contribution in [0.5, 0.6) is 5.75 Å². The minimum Gasteiger partial charge on any atom is -0.497 e. The van der Waals surface area contributed by atoms with Crippen LogP contribution in [0.15, 0.2) is 24.3 Å². The van der Waals surface area contributed by atoms with E-state index in [2.05, 4.69) is 10.6 Å². The van der Waals surface area contributed by atoms with Crippen LogP contribution in [0.2, 0.25) is 0 Å². The van der Waals surface area contributed by atoms with E-state index in [1.807, 2.05) is 24.3 Å². The SMILES string of the molecule is COc1cccc(CNC(=O)C(=O)NC[C@H]2COC3(CCCCC3)O2)c1. The molecule has 26 heavy (non-hydrogen) atoms. The molecule has 7 heteroatoms. The van der Waals surface area contributed by atoms with Crippen LogP contribution in [0.4, 0.5) is 0 Å². The zero-order valence-corrected chi connectivity index (χ0v) is 15.1. The maximum atomic E-state index is 12.0. The number of carbonyl (C=O) groups is 2. The Bertz CT molecular complexity index is 643. The summed E-state index contributed by atoms with van der Waals surface area (Å²) in [6.45, 7) is 0.981. The van der Waals surface area contributed by atoms with Crippen molar-refractivity contribution in [2.24, 2.45) is 0 Å². The molecule has 142 valence electrons. The lowest BCUT2D eigenvalue weighted by atomic mass is 9.94. The Morgan fingerprint density at radius 1 is 1.19 bits per heavy atom. The average Bonchev–Trinajstić information content (AvgIpc) is 3.07. The van der Waals surface area contributed by atoms with Gasteiger partial charge in [-0.15, -0.1) is 0 Å². The van der Waals surface area contributed by atoms with E-state index in [0.29, 0.717) is 12.4 Å². The maximum Gasteiger partial charge on any atom is 0.309 e. The van der Waals surface area contributed by atoms with Gasteiger partial charge in [0.25, 0.3) is 0 Å². The molecule has 1 saturated carbocycles. The van der Waals surface area contributed by atoms with E-state index in [1.54, 1.807) is 7.11 Å². The molecule has 1 saturated heterocycles. The summed E-state index contributed by atoms with van der Waals surface area (Å²) in [5.41, 5.74) is 0.859. The molecule has 1 heterocycles. The Balaban J connectivity index is 1.39. The molecule has 1 atom stereocenters. The van der Waals surface area contributed by atoms with Gasteiger partial charge in [0, 0.05) is 25.9 Å². The molecular formula is C19H26N2O5. The molecule has 1 aromatic carbocycles. The molecule has 2 N–H and O–H groups in total. The predicted molar refractivity (Wildman–Crippen MR) is 94.5 cm³/mol. The Hall–Kier alpha value is -2.12. The third-order valence-electron chi connectivity index (χ3n) is 4.81. The van der Waals surface area contributed by atoms with E-state index >= 15 is 0 Å². The van der Waals surface area contributed by atoms with E-state index in [9.17, 15) is 9.59 Å². The minimum absolute atomic E-state index is 0.205. The van der Waals surface area contributed by atoms with E-state index in [-0.39, 0.29) is 19.2 Å². The van der Waals surface area contributed by atoms with Crippen molar-refractivity contribution in [1.29, 1.82) is 0 Å². The van der Waals surface area contributed by atoms with Gasteiger partial charge in [-0.05, 0) is 30.5 Å². The smallest absolute Gasteiger partial charge is 0.309 e. The van der Waals surface area contributed by atoms with Crippen molar-refractivity contribution in [2.45, 2.75) is 50.5 Å². The second-order valence-electron chi connectivity index (χ2n) is 6.77. The van der Waals surface area contributed by atoms with Crippen LogP contribution in [0.1, 0.15) is 37.7 Å². The summed E-state index contributed by atoms with van der Waals surface area (Å²) in [5, 5.41) is 5.23. The summed E-state index contributed by atoms with van der Waals surface area (Å²) in [6.07, 6.45) is 5.01. The number of amides is 2. The largest absolute Gasteiger partial charge is 0.497 e. The molecule has 1 aromatic rings.